The van der Waals surface area contributed by atoms with Crippen LogP contribution in [0, 0.1) is 0 Å². The van der Waals surface area contributed by atoms with Gasteiger partial charge < -0.3 is 5.11 Å². The highest BCUT2D eigenvalue weighted by Crippen LogP contribution is 2.38. The normalized spacial score (nSPS) is 12.5. The molecule has 0 aliphatic carbocycles. The van der Waals surface area contributed by atoms with Crippen molar-refractivity contribution in [3.63, 3.8) is 0 Å². The van der Waals surface area contributed by atoms with E-state index in [0.29, 0.717) is 11.0 Å². The minimum absolute atomic E-state index is 0.460. The summed E-state index contributed by atoms with van der Waals surface area (Å²) in [6.45, 7) is 4.50. The van der Waals surface area contributed by atoms with Gasteiger partial charge in [-0.1, -0.05) is 77.0 Å². The van der Waals surface area contributed by atoms with Gasteiger partial charge in [0.1, 0.15) is 5.75 Å². The summed E-state index contributed by atoms with van der Waals surface area (Å²) in [7, 11) is 0. The van der Waals surface area contributed by atoms with Crippen LogP contribution in [0.2, 0.25) is 0 Å². The first-order valence-electron chi connectivity index (χ1n) is 8.69. The molecule has 1 N–H and O–H groups in total. The van der Waals surface area contributed by atoms with Crippen LogP contribution in [0.3, 0.4) is 0 Å². The number of hydrogen-bond donors (Lipinski definition) is 1. The molecule has 0 aliphatic rings. The first-order chi connectivity index (χ1) is 10.3. The molecule has 2 heteroatoms. The molecule has 0 saturated heterocycles. The monoisotopic (exact) mass is 308 g/mol. The second-order valence-electron chi connectivity index (χ2n) is 5.83. The predicted octanol–water partition coefficient (Wildman–Crippen LogP) is 6.72. The largest absolute Gasteiger partial charge is 0.508 e. The highest BCUT2D eigenvalue weighted by Gasteiger charge is 2.14. The van der Waals surface area contributed by atoms with Crippen LogP contribution >= 0.6 is 11.8 Å². The van der Waals surface area contributed by atoms with Crippen molar-refractivity contribution in [2.75, 3.05) is 5.75 Å². The second kappa shape index (κ2) is 12.0. The van der Waals surface area contributed by atoms with Crippen LogP contribution in [-0.4, -0.2) is 10.9 Å². The molecule has 1 atom stereocenters. The summed E-state index contributed by atoms with van der Waals surface area (Å²) in [5.74, 6) is 1.68. The van der Waals surface area contributed by atoms with Crippen LogP contribution < -0.4 is 0 Å². The Kier molecular flexibility index (Phi) is 10.5. The van der Waals surface area contributed by atoms with Crippen LogP contribution in [0.25, 0.3) is 0 Å². The summed E-state index contributed by atoms with van der Waals surface area (Å²) in [4.78, 5) is 0. The van der Waals surface area contributed by atoms with Crippen molar-refractivity contribution in [2.24, 2.45) is 0 Å². The lowest BCUT2D eigenvalue weighted by atomic mass is 10.1. The Bertz CT molecular complexity index is 364. The van der Waals surface area contributed by atoms with Crippen molar-refractivity contribution in [3.05, 3.63) is 29.8 Å². The average molecular weight is 309 g/mol. The van der Waals surface area contributed by atoms with E-state index >= 15 is 0 Å². The fraction of sp³-hybridized carbons (Fsp3) is 0.684. The van der Waals surface area contributed by atoms with Gasteiger partial charge in [-0.2, -0.15) is 11.8 Å². The van der Waals surface area contributed by atoms with Gasteiger partial charge in [-0.15, -0.1) is 0 Å². The minimum Gasteiger partial charge on any atom is -0.508 e. The number of hydrogen-bond acceptors (Lipinski definition) is 2. The van der Waals surface area contributed by atoms with Crippen LogP contribution in [0.5, 0.6) is 5.75 Å². The second-order valence-corrected chi connectivity index (χ2v) is 7.14. The number of benzene rings is 1. The van der Waals surface area contributed by atoms with Crippen LogP contribution in [0.15, 0.2) is 24.3 Å². The predicted molar refractivity (Wildman–Crippen MR) is 96.2 cm³/mol. The summed E-state index contributed by atoms with van der Waals surface area (Å²) >= 11 is 2.03. The fourth-order valence-electron chi connectivity index (χ4n) is 2.59. The number of unbranched alkanes of at least 4 members (excludes halogenated alkanes) is 6. The number of phenols is 1. The Balaban J connectivity index is 2.35. The first-order valence-corrected chi connectivity index (χ1v) is 9.74. The Morgan fingerprint density at radius 2 is 1.57 bits per heavy atom. The van der Waals surface area contributed by atoms with Gasteiger partial charge >= 0.3 is 0 Å². The van der Waals surface area contributed by atoms with Crippen molar-refractivity contribution in [2.45, 2.75) is 76.9 Å². The van der Waals surface area contributed by atoms with Gasteiger partial charge in [-0.05, 0) is 24.7 Å². The molecule has 0 aromatic heterocycles. The average Bonchev–Trinajstić information content (AvgIpc) is 2.50. The van der Waals surface area contributed by atoms with E-state index in [2.05, 4.69) is 19.9 Å². The Morgan fingerprint density at radius 1 is 0.905 bits per heavy atom. The third kappa shape index (κ3) is 7.80. The summed E-state index contributed by atoms with van der Waals surface area (Å²) in [6, 6.07) is 7.86. The molecular formula is C19H32OS. The molecule has 0 spiro atoms. The van der Waals surface area contributed by atoms with Crippen molar-refractivity contribution >= 4 is 11.8 Å². The maximum atomic E-state index is 10.1. The number of rotatable bonds is 12. The molecule has 1 aromatic carbocycles. The van der Waals surface area contributed by atoms with E-state index < -0.39 is 0 Å². The quantitative estimate of drug-likeness (QED) is 0.433. The Labute approximate surface area is 135 Å². The SMILES string of the molecule is CCCCCCCCSC(CCCC)c1ccccc1O. The van der Waals surface area contributed by atoms with E-state index in [1.165, 1.54) is 63.5 Å². The molecule has 0 saturated carbocycles. The molecule has 1 nitrogen and oxygen atoms in total. The third-order valence-electron chi connectivity index (χ3n) is 3.92. The topological polar surface area (TPSA) is 20.2 Å². The van der Waals surface area contributed by atoms with Gasteiger partial charge in [-0.3, -0.25) is 0 Å². The van der Waals surface area contributed by atoms with E-state index in [4.69, 9.17) is 0 Å². The van der Waals surface area contributed by atoms with E-state index in [-0.39, 0.29) is 0 Å². The molecule has 0 bridgehead atoms. The van der Waals surface area contributed by atoms with E-state index in [1.54, 1.807) is 0 Å². The van der Waals surface area contributed by atoms with Crippen molar-refractivity contribution in [3.8, 4) is 5.75 Å². The first kappa shape index (κ1) is 18.4. The van der Waals surface area contributed by atoms with Gasteiger partial charge in [0.15, 0.2) is 0 Å². The van der Waals surface area contributed by atoms with Gasteiger partial charge in [-0.25, -0.2) is 0 Å². The highest BCUT2D eigenvalue weighted by atomic mass is 32.2. The highest BCUT2D eigenvalue weighted by molar-refractivity contribution is 7.99. The number of thioether (sulfide) groups is 1. The molecule has 0 amide bonds. The zero-order chi connectivity index (χ0) is 15.3. The van der Waals surface area contributed by atoms with Crippen LogP contribution in [0.1, 0.15) is 82.4 Å². The maximum Gasteiger partial charge on any atom is 0.119 e. The molecule has 1 unspecified atom stereocenters. The number of aromatic hydroxyl groups is 1. The standard InChI is InChI=1S/C19H32OS/c1-3-5-7-8-9-12-16-21-19(15-6-4-2)17-13-10-11-14-18(17)20/h10-11,13-14,19-20H,3-9,12,15-16H2,1-2H3. The molecule has 21 heavy (non-hydrogen) atoms. The van der Waals surface area contributed by atoms with Gasteiger partial charge in [0.25, 0.3) is 0 Å². The lowest BCUT2D eigenvalue weighted by molar-refractivity contribution is 0.466. The van der Waals surface area contributed by atoms with Crippen LogP contribution in [-0.2, 0) is 0 Å². The van der Waals surface area contributed by atoms with E-state index in [1.807, 2.05) is 30.0 Å². The van der Waals surface area contributed by atoms with Crippen molar-refractivity contribution in [1.82, 2.24) is 0 Å². The maximum absolute atomic E-state index is 10.1. The van der Waals surface area contributed by atoms with Crippen molar-refractivity contribution < 1.29 is 5.11 Å². The smallest absolute Gasteiger partial charge is 0.119 e. The Hall–Kier alpha value is -0.630. The van der Waals surface area contributed by atoms with Crippen LogP contribution in [0.4, 0.5) is 0 Å². The lowest BCUT2D eigenvalue weighted by Gasteiger charge is -2.18. The molecule has 0 heterocycles. The minimum atomic E-state index is 0.460. The molecule has 0 fully saturated rings. The summed E-state index contributed by atoms with van der Waals surface area (Å²) < 4.78 is 0. The van der Waals surface area contributed by atoms with Crippen molar-refractivity contribution in [1.29, 1.82) is 0 Å². The molecule has 1 aromatic rings. The molecule has 0 aliphatic heterocycles. The summed E-state index contributed by atoms with van der Waals surface area (Å²) in [5, 5.41) is 10.5. The lowest BCUT2D eigenvalue weighted by Crippen LogP contribution is -1.97. The number of para-hydroxylation sites is 1. The zero-order valence-electron chi connectivity index (χ0n) is 13.8. The molecule has 0 radical (unpaired) electrons. The van der Waals surface area contributed by atoms with E-state index in [0.717, 1.165) is 5.56 Å². The molecule has 1 rings (SSSR count). The fourth-order valence-corrected chi connectivity index (χ4v) is 3.95. The Morgan fingerprint density at radius 3 is 2.29 bits per heavy atom. The summed E-state index contributed by atoms with van der Waals surface area (Å²) in [6.07, 6.45) is 11.8. The van der Waals surface area contributed by atoms with Gasteiger partial charge in [0.2, 0.25) is 0 Å². The number of phenolic OH excluding ortho intramolecular Hbond substituents is 1. The van der Waals surface area contributed by atoms with Gasteiger partial charge in [0.05, 0.1) is 0 Å². The van der Waals surface area contributed by atoms with E-state index in [9.17, 15) is 5.11 Å². The molecule has 120 valence electrons. The summed E-state index contributed by atoms with van der Waals surface area (Å²) in [5.41, 5.74) is 1.13. The third-order valence-corrected chi connectivity index (χ3v) is 5.34. The zero-order valence-corrected chi connectivity index (χ0v) is 14.6. The van der Waals surface area contributed by atoms with Gasteiger partial charge in [0, 0.05) is 10.8 Å². The molecular weight excluding hydrogens is 276 g/mol.